The molecule has 2 heterocycles. The molecule has 3 N–H and O–H groups in total. The molecule has 1 aromatic heterocycles. The summed E-state index contributed by atoms with van der Waals surface area (Å²) < 4.78 is 7.10. The number of aryl methyl sites for hydroxylation is 1. The monoisotopic (exact) mass is 365 g/mol. The maximum Gasteiger partial charge on any atom is 0.164 e. The first-order valence-electron chi connectivity index (χ1n) is 6.64. The summed E-state index contributed by atoms with van der Waals surface area (Å²) in [5.41, 5.74) is 1.39. The fraction of sp³-hybridized carbons (Fsp3) is 0.429. The normalized spacial score (nSPS) is 28.7. The minimum absolute atomic E-state index is 0.344. The Morgan fingerprint density at radius 2 is 1.77 bits per heavy atom. The number of hydrogen-bond donors (Lipinski definition) is 3. The largest absolute Gasteiger partial charge is 0.394 e. The van der Waals surface area contributed by atoms with Crippen LogP contribution in [-0.4, -0.2) is 44.8 Å². The molecule has 0 bridgehead atoms. The quantitative estimate of drug-likeness (QED) is 0.763. The van der Waals surface area contributed by atoms with E-state index in [4.69, 9.17) is 39.5 Å². The van der Waals surface area contributed by atoms with Gasteiger partial charge in [0.15, 0.2) is 6.23 Å². The molecule has 0 aliphatic carbocycles. The van der Waals surface area contributed by atoms with Gasteiger partial charge < -0.3 is 24.6 Å². The van der Waals surface area contributed by atoms with E-state index in [0.29, 0.717) is 20.7 Å². The Balaban J connectivity index is 2.19. The first-order valence-corrected chi connectivity index (χ1v) is 7.77. The molecule has 4 atom stereocenters. The second-order valence-corrected chi connectivity index (χ2v) is 6.47. The zero-order valence-electron chi connectivity index (χ0n) is 11.5. The number of nitrogens with zero attached hydrogens (tertiary/aromatic N) is 1. The number of ether oxygens (including phenoxy) is 1. The van der Waals surface area contributed by atoms with Crippen LogP contribution in [0.3, 0.4) is 0 Å². The maximum absolute atomic E-state index is 10.2. The summed E-state index contributed by atoms with van der Waals surface area (Å²) in [6.07, 6.45) is -4.23. The molecular weight excluding hydrogens is 353 g/mol. The van der Waals surface area contributed by atoms with E-state index in [-0.39, 0.29) is 0 Å². The zero-order chi connectivity index (χ0) is 16.2. The highest BCUT2D eigenvalue weighted by Crippen LogP contribution is 2.40. The van der Waals surface area contributed by atoms with E-state index >= 15 is 0 Å². The standard InChI is InChI=1S/C14H14Cl3NO4/c1-5-6-2-7(15)8(16)3-9(6)18(13(5)17)14-12(21)11(20)10(4-19)22-14/h2-3,10-12,14,19-21H,4H2,1H3/t10-,11?,12?,14-/m1/s1. The molecule has 2 unspecified atom stereocenters. The molecule has 22 heavy (non-hydrogen) atoms. The Morgan fingerprint density at radius 1 is 1.14 bits per heavy atom. The zero-order valence-corrected chi connectivity index (χ0v) is 13.8. The number of aromatic nitrogens is 1. The van der Waals surface area contributed by atoms with Crippen molar-refractivity contribution in [1.29, 1.82) is 0 Å². The predicted octanol–water partition coefficient (Wildman–Crippen LogP) is 2.52. The van der Waals surface area contributed by atoms with Gasteiger partial charge in [0.1, 0.15) is 23.5 Å². The molecule has 0 amide bonds. The number of hydrogen-bond acceptors (Lipinski definition) is 4. The van der Waals surface area contributed by atoms with Gasteiger partial charge in [-0.2, -0.15) is 0 Å². The molecule has 1 saturated heterocycles. The summed E-state index contributed by atoms with van der Waals surface area (Å²) in [5, 5.41) is 31.2. The van der Waals surface area contributed by atoms with Crippen molar-refractivity contribution in [2.24, 2.45) is 0 Å². The van der Waals surface area contributed by atoms with Crippen LogP contribution in [0.15, 0.2) is 12.1 Å². The van der Waals surface area contributed by atoms with Gasteiger partial charge >= 0.3 is 0 Å². The number of aliphatic hydroxyl groups excluding tert-OH is 3. The van der Waals surface area contributed by atoms with Gasteiger partial charge in [0.2, 0.25) is 0 Å². The van der Waals surface area contributed by atoms with Gasteiger partial charge in [0.25, 0.3) is 0 Å². The molecule has 0 spiro atoms. The third-order valence-corrected chi connectivity index (χ3v) is 5.18. The van der Waals surface area contributed by atoms with Crippen LogP contribution in [0.5, 0.6) is 0 Å². The average Bonchev–Trinajstić information content (AvgIpc) is 2.89. The molecule has 3 rings (SSSR count). The lowest BCUT2D eigenvalue weighted by atomic mass is 10.1. The highest BCUT2D eigenvalue weighted by atomic mass is 35.5. The molecule has 5 nitrogen and oxygen atoms in total. The molecule has 8 heteroatoms. The molecular formula is C14H14Cl3NO4. The summed E-state index contributed by atoms with van der Waals surface area (Å²) in [6.45, 7) is 1.41. The summed E-state index contributed by atoms with van der Waals surface area (Å²) in [5.74, 6) is 0. The third-order valence-electron chi connectivity index (χ3n) is 3.99. The number of rotatable bonds is 2. The van der Waals surface area contributed by atoms with E-state index in [2.05, 4.69) is 0 Å². The third kappa shape index (κ3) is 2.32. The average molecular weight is 367 g/mol. The number of aliphatic hydroxyl groups is 3. The highest BCUT2D eigenvalue weighted by molar-refractivity contribution is 6.43. The van der Waals surface area contributed by atoms with Gasteiger partial charge in [0, 0.05) is 5.39 Å². The SMILES string of the molecule is Cc1c(Cl)n([C@@H]2O[C@H](CO)C(O)C2O)c2cc(Cl)c(Cl)cc12. The van der Waals surface area contributed by atoms with E-state index < -0.39 is 31.1 Å². The lowest BCUT2D eigenvalue weighted by Crippen LogP contribution is -2.33. The van der Waals surface area contributed by atoms with Crippen molar-refractivity contribution in [2.45, 2.75) is 31.5 Å². The van der Waals surface area contributed by atoms with E-state index in [9.17, 15) is 15.3 Å². The Hall–Kier alpha value is -0.530. The van der Waals surface area contributed by atoms with E-state index in [1.165, 1.54) is 0 Å². The van der Waals surface area contributed by atoms with Gasteiger partial charge in [-0.1, -0.05) is 34.8 Å². The Bertz CT molecular complexity index is 733. The lowest BCUT2D eigenvalue weighted by molar-refractivity contribution is -0.0505. The smallest absolute Gasteiger partial charge is 0.164 e. The van der Waals surface area contributed by atoms with Crippen LogP contribution < -0.4 is 0 Å². The summed E-state index contributed by atoms with van der Waals surface area (Å²) >= 11 is 18.5. The van der Waals surface area contributed by atoms with E-state index in [1.807, 2.05) is 6.92 Å². The summed E-state index contributed by atoms with van der Waals surface area (Å²) in [4.78, 5) is 0. The van der Waals surface area contributed by atoms with Gasteiger partial charge in [-0.15, -0.1) is 0 Å². The van der Waals surface area contributed by atoms with Crippen molar-refractivity contribution in [3.05, 3.63) is 32.9 Å². The van der Waals surface area contributed by atoms with Crippen LogP contribution in [0.2, 0.25) is 15.2 Å². The fourth-order valence-corrected chi connectivity index (χ4v) is 3.39. The Kier molecular flexibility index (Phi) is 4.33. The van der Waals surface area contributed by atoms with Crippen molar-refractivity contribution < 1.29 is 20.1 Å². The van der Waals surface area contributed by atoms with Crippen LogP contribution in [-0.2, 0) is 4.74 Å². The van der Waals surface area contributed by atoms with E-state index in [0.717, 1.165) is 10.9 Å². The number of halogens is 3. The van der Waals surface area contributed by atoms with Crippen LogP contribution in [0.4, 0.5) is 0 Å². The topological polar surface area (TPSA) is 74.9 Å². The van der Waals surface area contributed by atoms with E-state index in [1.54, 1.807) is 16.7 Å². The van der Waals surface area contributed by atoms with Gasteiger partial charge in [0.05, 0.1) is 22.2 Å². The molecule has 120 valence electrons. The van der Waals surface area contributed by atoms with Crippen molar-refractivity contribution in [3.8, 4) is 0 Å². The molecule has 1 aromatic carbocycles. The molecule has 1 fully saturated rings. The molecule has 1 aliphatic rings. The van der Waals surface area contributed by atoms with Crippen molar-refractivity contribution >= 4 is 45.7 Å². The van der Waals surface area contributed by atoms with Crippen LogP contribution in [0.25, 0.3) is 10.9 Å². The summed E-state index contributed by atoms with van der Waals surface area (Å²) in [6, 6.07) is 3.32. The Labute approximate surface area is 141 Å². The lowest BCUT2D eigenvalue weighted by Gasteiger charge is -2.19. The van der Waals surface area contributed by atoms with Crippen LogP contribution >= 0.6 is 34.8 Å². The predicted molar refractivity (Wildman–Crippen MR) is 84.7 cm³/mol. The second-order valence-electron chi connectivity index (χ2n) is 5.30. The fourth-order valence-electron chi connectivity index (χ4n) is 2.78. The van der Waals surface area contributed by atoms with Gasteiger partial charge in [-0.3, -0.25) is 0 Å². The number of fused-ring (bicyclic) bond motifs is 1. The van der Waals surface area contributed by atoms with Gasteiger partial charge in [-0.05, 0) is 24.6 Å². The molecule has 2 aromatic rings. The minimum atomic E-state index is -1.22. The first-order chi connectivity index (χ1) is 10.4. The minimum Gasteiger partial charge on any atom is -0.394 e. The van der Waals surface area contributed by atoms with Crippen LogP contribution in [0.1, 0.15) is 11.8 Å². The van der Waals surface area contributed by atoms with Crippen molar-refractivity contribution in [3.63, 3.8) is 0 Å². The Morgan fingerprint density at radius 3 is 2.36 bits per heavy atom. The van der Waals surface area contributed by atoms with Gasteiger partial charge in [-0.25, -0.2) is 0 Å². The number of benzene rings is 1. The van der Waals surface area contributed by atoms with Crippen molar-refractivity contribution in [1.82, 2.24) is 4.57 Å². The highest BCUT2D eigenvalue weighted by Gasteiger charge is 2.44. The maximum atomic E-state index is 10.2. The molecule has 0 radical (unpaired) electrons. The second kappa shape index (κ2) is 5.83. The van der Waals surface area contributed by atoms with Crippen molar-refractivity contribution in [2.75, 3.05) is 6.61 Å². The molecule has 1 aliphatic heterocycles. The molecule has 0 saturated carbocycles. The first kappa shape index (κ1) is 16.3. The summed E-state index contributed by atoms with van der Waals surface area (Å²) in [7, 11) is 0. The van der Waals surface area contributed by atoms with Crippen LogP contribution in [0, 0.1) is 6.92 Å².